The minimum Gasteiger partial charge on any atom is -0.456 e. The molecule has 1 atom stereocenters. The van der Waals surface area contributed by atoms with Crippen molar-refractivity contribution in [2.45, 2.75) is 39.3 Å². The van der Waals surface area contributed by atoms with E-state index in [4.69, 9.17) is 4.42 Å². The highest BCUT2D eigenvalue weighted by molar-refractivity contribution is 6.08. The van der Waals surface area contributed by atoms with Crippen LogP contribution >= 0.6 is 0 Å². The maximum atomic E-state index is 9.79. The van der Waals surface area contributed by atoms with Crippen molar-refractivity contribution in [3.63, 3.8) is 0 Å². The van der Waals surface area contributed by atoms with Crippen LogP contribution in [0.1, 0.15) is 38.8 Å². The summed E-state index contributed by atoms with van der Waals surface area (Å²) >= 11 is 0. The normalized spacial score (nSPS) is 20.5. The summed E-state index contributed by atoms with van der Waals surface area (Å²) < 4.78 is 6.50. The van der Waals surface area contributed by atoms with E-state index in [1.54, 1.807) is 0 Å². The molecule has 1 unspecified atom stereocenters. The van der Waals surface area contributed by atoms with Crippen molar-refractivity contribution in [1.82, 2.24) is 0 Å². The molecule has 1 aromatic heterocycles. The van der Waals surface area contributed by atoms with E-state index in [-0.39, 0.29) is 17.0 Å². The van der Waals surface area contributed by atoms with Gasteiger partial charge in [0.05, 0.1) is 22.6 Å². The first-order valence-corrected chi connectivity index (χ1v) is 10.8. The largest absolute Gasteiger partial charge is 0.456 e. The van der Waals surface area contributed by atoms with E-state index in [1.165, 1.54) is 11.3 Å². The number of furan rings is 1. The fourth-order valence-electron chi connectivity index (χ4n) is 5.91. The zero-order valence-electron chi connectivity index (χ0n) is 18.5. The number of nitrogens with zero attached hydrogens (tertiary/aromatic N) is 3. The maximum Gasteiger partial charge on any atom is 0.141 e. The Morgan fingerprint density at radius 1 is 0.903 bits per heavy atom. The number of hydrogen-bond acceptors (Lipinski definition) is 4. The molecule has 4 heteroatoms. The maximum absolute atomic E-state index is 9.79. The molecule has 4 nitrogen and oxygen atoms in total. The minimum absolute atomic E-state index is 0.0985. The molecular formula is C27H25N3O. The summed E-state index contributed by atoms with van der Waals surface area (Å²) in [5.41, 5.74) is 6.83. The van der Waals surface area contributed by atoms with Crippen LogP contribution in [-0.2, 0) is 5.41 Å². The summed E-state index contributed by atoms with van der Waals surface area (Å²) in [6.07, 6.45) is 0.0985. The minimum atomic E-state index is -0.167. The molecule has 6 rings (SSSR count). The summed E-state index contributed by atoms with van der Waals surface area (Å²) in [6, 6.07) is 21.1. The highest BCUT2D eigenvalue weighted by Crippen LogP contribution is 2.62. The third-order valence-corrected chi connectivity index (χ3v) is 8.02. The molecule has 4 aromatic rings. The Morgan fingerprint density at radius 3 is 2.45 bits per heavy atom. The van der Waals surface area contributed by atoms with Gasteiger partial charge < -0.3 is 14.2 Å². The molecule has 0 bridgehead atoms. The third-order valence-electron chi connectivity index (χ3n) is 8.02. The summed E-state index contributed by atoms with van der Waals surface area (Å²) in [5, 5.41) is 12.1. The van der Waals surface area contributed by atoms with Crippen LogP contribution in [0.3, 0.4) is 0 Å². The molecule has 0 fully saturated rings. The second-order valence-corrected chi connectivity index (χ2v) is 9.92. The van der Waals surface area contributed by atoms with E-state index in [9.17, 15) is 5.26 Å². The topological polar surface area (TPSA) is 43.4 Å². The van der Waals surface area contributed by atoms with Gasteiger partial charge in [0.1, 0.15) is 23.4 Å². The fourth-order valence-corrected chi connectivity index (χ4v) is 5.91. The first kappa shape index (κ1) is 18.3. The molecule has 0 amide bonds. The summed E-state index contributed by atoms with van der Waals surface area (Å²) in [5.74, 6) is 0. The number of nitriles is 1. The van der Waals surface area contributed by atoms with E-state index < -0.39 is 0 Å². The SMILES string of the molecule is CN1c2c(C#N)cccc2N2c3ccc4c(oc5ccccc54)c3C(C)(C)C(C)(C)C12. The summed E-state index contributed by atoms with van der Waals surface area (Å²) in [7, 11) is 2.12. The van der Waals surface area contributed by atoms with Crippen molar-refractivity contribution < 1.29 is 4.42 Å². The molecule has 2 aliphatic rings. The van der Waals surface area contributed by atoms with Crippen LogP contribution in [0.15, 0.2) is 59.0 Å². The zero-order chi connectivity index (χ0) is 21.7. The second-order valence-electron chi connectivity index (χ2n) is 9.92. The number of anilines is 3. The lowest BCUT2D eigenvalue weighted by atomic mass is 9.59. The van der Waals surface area contributed by atoms with Crippen molar-refractivity contribution in [3.05, 3.63) is 65.7 Å². The lowest BCUT2D eigenvalue weighted by Gasteiger charge is -2.56. The first-order chi connectivity index (χ1) is 14.8. The Bertz CT molecular complexity index is 1440. The van der Waals surface area contributed by atoms with Crippen molar-refractivity contribution in [2.24, 2.45) is 5.41 Å². The highest BCUT2D eigenvalue weighted by Gasteiger charge is 2.58. The van der Waals surface area contributed by atoms with E-state index in [1.807, 2.05) is 24.3 Å². The van der Waals surface area contributed by atoms with E-state index >= 15 is 0 Å². The van der Waals surface area contributed by atoms with Crippen LogP contribution in [-0.4, -0.2) is 13.2 Å². The van der Waals surface area contributed by atoms with Crippen LogP contribution in [0, 0.1) is 16.7 Å². The first-order valence-electron chi connectivity index (χ1n) is 10.8. The van der Waals surface area contributed by atoms with Gasteiger partial charge >= 0.3 is 0 Å². The third kappa shape index (κ3) is 2.00. The number of para-hydroxylation sites is 2. The second kappa shape index (κ2) is 5.62. The zero-order valence-corrected chi connectivity index (χ0v) is 18.5. The van der Waals surface area contributed by atoms with E-state index in [2.05, 4.69) is 80.9 Å². The monoisotopic (exact) mass is 407 g/mol. The van der Waals surface area contributed by atoms with Gasteiger partial charge in [-0.05, 0) is 30.3 Å². The number of fused-ring (bicyclic) bond motifs is 9. The van der Waals surface area contributed by atoms with Crippen LogP contribution in [0.5, 0.6) is 0 Å². The predicted molar refractivity (Wildman–Crippen MR) is 126 cm³/mol. The van der Waals surface area contributed by atoms with Gasteiger partial charge in [-0.3, -0.25) is 0 Å². The Balaban J connectivity index is 1.76. The summed E-state index contributed by atoms with van der Waals surface area (Å²) in [4.78, 5) is 4.71. The number of hydrogen-bond donors (Lipinski definition) is 0. The van der Waals surface area contributed by atoms with Crippen molar-refractivity contribution in [2.75, 3.05) is 16.8 Å². The molecular weight excluding hydrogens is 382 g/mol. The Labute approximate surface area is 182 Å². The van der Waals surface area contributed by atoms with Crippen LogP contribution in [0.25, 0.3) is 21.9 Å². The molecule has 0 saturated carbocycles. The predicted octanol–water partition coefficient (Wildman–Crippen LogP) is 6.69. The van der Waals surface area contributed by atoms with Crippen LogP contribution < -0.4 is 9.80 Å². The van der Waals surface area contributed by atoms with Gasteiger partial charge in [-0.1, -0.05) is 52.0 Å². The molecule has 0 aliphatic carbocycles. The quantitative estimate of drug-likeness (QED) is 0.326. The molecule has 3 heterocycles. The highest BCUT2D eigenvalue weighted by atomic mass is 16.3. The van der Waals surface area contributed by atoms with Crippen LogP contribution in [0.4, 0.5) is 17.1 Å². The molecule has 0 N–H and O–H groups in total. The van der Waals surface area contributed by atoms with Crippen LogP contribution in [0.2, 0.25) is 0 Å². The number of benzene rings is 3. The van der Waals surface area contributed by atoms with Crippen molar-refractivity contribution in [1.29, 1.82) is 5.26 Å². The molecule has 0 spiro atoms. The summed E-state index contributed by atoms with van der Waals surface area (Å²) in [6.45, 7) is 9.34. The average molecular weight is 408 g/mol. The lowest BCUT2D eigenvalue weighted by Crippen LogP contribution is -2.60. The molecule has 0 saturated heterocycles. The Kier molecular flexibility index (Phi) is 3.32. The van der Waals surface area contributed by atoms with Gasteiger partial charge in [-0.25, -0.2) is 0 Å². The molecule has 0 radical (unpaired) electrons. The lowest BCUT2D eigenvalue weighted by molar-refractivity contribution is 0.144. The van der Waals surface area contributed by atoms with Gasteiger partial charge in [0.2, 0.25) is 0 Å². The van der Waals surface area contributed by atoms with E-state index in [0.717, 1.165) is 38.9 Å². The van der Waals surface area contributed by atoms with Gasteiger partial charge in [0.25, 0.3) is 0 Å². The van der Waals surface area contributed by atoms with Gasteiger partial charge in [-0.2, -0.15) is 5.26 Å². The van der Waals surface area contributed by atoms with Gasteiger partial charge in [-0.15, -0.1) is 0 Å². The average Bonchev–Trinajstić information content (AvgIpc) is 3.27. The molecule has 154 valence electrons. The van der Waals surface area contributed by atoms with Gasteiger partial charge in [0, 0.05) is 34.2 Å². The van der Waals surface area contributed by atoms with Crippen molar-refractivity contribution >= 4 is 39.0 Å². The number of rotatable bonds is 0. The molecule has 31 heavy (non-hydrogen) atoms. The smallest absolute Gasteiger partial charge is 0.141 e. The van der Waals surface area contributed by atoms with Crippen molar-refractivity contribution in [3.8, 4) is 6.07 Å². The van der Waals surface area contributed by atoms with Gasteiger partial charge in [0.15, 0.2) is 0 Å². The standard InChI is InChI=1S/C27H25N3O/c1-26(2)22-19(14-13-18-17-10-6-7-12-21(17)31-24(18)22)30-20-11-8-9-16(15-28)23(20)29(5)25(30)27(26,3)4/h6-14,25H,1-5H3. The fraction of sp³-hybridized carbons (Fsp3) is 0.296. The Morgan fingerprint density at radius 2 is 1.68 bits per heavy atom. The van der Waals surface area contributed by atoms with E-state index in [0.29, 0.717) is 0 Å². The molecule has 2 aliphatic heterocycles. The Hall–Kier alpha value is -3.45. The molecule has 3 aromatic carbocycles.